The average Bonchev–Trinajstić information content (AvgIpc) is 3.29. The Kier molecular flexibility index (Phi) is 7.99. The monoisotopic (exact) mass is 543 g/mol. The maximum atomic E-state index is 13.3. The van der Waals surface area contributed by atoms with Crippen molar-refractivity contribution in [2.45, 2.75) is 37.9 Å². The number of hydrogen-bond donors (Lipinski definition) is 1. The summed E-state index contributed by atoms with van der Waals surface area (Å²) in [5, 5.41) is 19.0. The zero-order chi connectivity index (χ0) is 27.5. The van der Waals surface area contributed by atoms with Gasteiger partial charge in [-0.05, 0) is 38.0 Å². The van der Waals surface area contributed by atoms with E-state index in [1.165, 1.54) is 28.7 Å². The summed E-state index contributed by atoms with van der Waals surface area (Å²) >= 11 is 0. The summed E-state index contributed by atoms with van der Waals surface area (Å²) in [7, 11) is -3.94. The minimum absolute atomic E-state index is 0.0525. The van der Waals surface area contributed by atoms with E-state index in [9.17, 15) is 38.2 Å². The Morgan fingerprint density at radius 2 is 1.84 bits per heavy atom. The van der Waals surface area contributed by atoms with Gasteiger partial charge in [0.2, 0.25) is 10.0 Å². The molecule has 1 atom stereocenters. The zero-order valence-electron chi connectivity index (χ0n) is 19.9. The van der Waals surface area contributed by atoms with Crippen molar-refractivity contribution in [1.29, 1.82) is 0 Å². The summed E-state index contributed by atoms with van der Waals surface area (Å²) in [6.45, 7) is 0.611. The molecule has 37 heavy (non-hydrogen) atoms. The van der Waals surface area contributed by atoms with Gasteiger partial charge >= 0.3 is 5.97 Å². The molecule has 1 aliphatic heterocycles. The van der Waals surface area contributed by atoms with Crippen LogP contribution in [0.1, 0.15) is 18.9 Å². The number of fused-ring (bicyclic) bond motifs is 1. The maximum absolute atomic E-state index is 13.3. The van der Waals surface area contributed by atoms with Crippen molar-refractivity contribution in [2.75, 3.05) is 26.3 Å². The van der Waals surface area contributed by atoms with Crippen molar-refractivity contribution in [3.63, 3.8) is 0 Å². The second-order valence-electron chi connectivity index (χ2n) is 8.79. The van der Waals surface area contributed by atoms with Crippen LogP contribution in [-0.4, -0.2) is 65.8 Å². The van der Waals surface area contributed by atoms with E-state index < -0.39 is 57.1 Å². The number of carbonyl (C=O) groups is 1. The quantitative estimate of drug-likeness (QED) is 0.224. The fraction of sp³-hybridized carbons (Fsp3) is 0.500. The van der Waals surface area contributed by atoms with Crippen LogP contribution in [0.3, 0.4) is 0 Å². The van der Waals surface area contributed by atoms with E-state index in [-0.39, 0.29) is 34.8 Å². The molecule has 1 aromatic heterocycles. The highest BCUT2D eigenvalue weighted by molar-refractivity contribution is 7.89. The van der Waals surface area contributed by atoms with Gasteiger partial charge < -0.3 is 20.1 Å². The molecular formula is C20H25N5O11S. The first-order valence-corrected chi connectivity index (χ1v) is 12.3. The smallest absolute Gasteiger partial charge is 0.317 e. The third-order valence-electron chi connectivity index (χ3n) is 5.87. The zero-order valence-corrected chi connectivity index (χ0v) is 20.7. The number of nitrogens with zero attached hydrogens (tertiary/aromatic N) is 4. The van der Waals surface area contributed by atoms with Crippen LogP contribution in [0.15, 0.2) is 34.1 Å². The highest BCUT2D eigenvalue weighted by Gasteiger charge is 2.38. The van der Waals surface area contributed by atoms with Crippen molar-refractivity contribution in [3.8, 4) is 0 Å². The van der Waals surface area contributed by atoms with Crippen molar-refractivity contribution < 1.29 is 37.8 Å². The Balaban J connectivity index is 1.91. The van der Waals surface area contributed by atoms with E-state index in [0.29, 0.717) is 12.0 Å². The molecule has 17 heteroatoms. The van der Waals surface area contributed by atoms with Gasteiger partial charge in [-0.2, -0.15) is 4.31 Å². The van der Waals surface area contributed by atoms with Crippen LogP contribution >= 0.6 is 0 Å². The van der Waals surface area contributed by atoms with Crippen LogP contribution in [-0.2, 0) is 36.0 Å². The molecule has 2 heterocycles. The second-order valence-corrected chi connectivity index (χ2v) is 10.7. The number of sulfonamides is 1. The van der Waals surface area contributed by atoms with Gasteiger partial charge in [-0.25, -0.2) is 8.42 Å². The molecule has 0 bridgehead atoms. The normalized spacial score (nSPS) is 16.5. The Hall–Kier alpha value is -3.83. The SMILES string of the molecule is Cc1cn(COC(=O)C(C)(CO[N+](=O)[O-])CO[N+](=O)[O-])c(=O)c2cccc(S(=O)(=O)N3CC[C@H](N)C3)c12. The number of ether oxygens (including phenoxy) is 1. The number of aromatic nitrogens is 1. The lowest BCUT2D eigenvalue weighted by Crippen LogP contribution is -2.41. The van der Waals surface area contributed by atoms with Gasteiger partial charge in [-0.15, -0.1) is 20.2 Å². The third-order valence-corrected chi connectivity index (χ3v) is 7.78. The molecule has 16 nitrogen and oxygen atoms in total. The Morgan fingerprint density at radius 1 is 1.22 bits per heavy atom. The van der Waals surface area contributed by atoms with Crippen molar-refractivity contribution in [2.24, 2.45) is 11.1 Å². The Labute approximate surface area is 209 Å². The topological polar surface area (TPSA) is 216 Å². The van der Waals surface area contributed by atoms with E-state index in [4.69, 9.17) is 10.5 Å². The van der Waals surface area contributed by atoms with Crippen LogP contribution in [0, 0.1) is 32.6 Å². The predicted octanol–water partition coefficient (Wildman–Crippen LogP) is -0.0448. The van der Waals surface area contributed by atoms with Gasteiger partial charge in [0.25, 0.3) is 15.7 Å². The average molecular weight is 544 g/mol. The van der Waals surface area contributed by atoms with Crippen LogP contribution < -0.4 is 11.3 Å². The Bertz CT molecular complexity index is 1370. The Morgan fingerprint density at radius 3 is 2.38 bits per heavy atom. The third kappa shape index (κ3) is 5.95. The molecule has 0 aliphatic carbocycles. The number of hydrogen-bond acceptors (Lipinski definition) is 12. The van der Waals surface area contributed by atoms with Crippen LogP contribution in [0.2, 0.25) is 0 Å². The first kappa shape index (κ1) is 27.8. The molecule has 2 aromatic rings. The highest BCUT2D eigenvalue weighted by atomic mass is 32.2. The first-order chi connectivity index (χ1) is 17.3. The van der Waals surface area contributed by atoms with E-state index in [2.05, 4.69) is 9.68 Å². The van der Waals surface area contributed by atoms with Gasteiger partial charge in [0.05, 0.1) is 4.90 Å². The molecule has 2 N–H and O–H groups in total. The number of esters is 1. The lowest BCUT2D eigenvalue weighted by molar-refractivity contribution is -0.770. The van der Waals surface area contributed by atoms with E-state index >= 15 is 0 Å². The van der Waals surface area contributed by atoms with Crippen LogP contribution in [0.4, 0.5) is 0 Å². The standard InChI is InChI=1S/C20H25N5O11S/c1-13-8-22(12-34-19(27)20(2,10-35-24(28)29)11-36-25(30)31)18(26)15-4-3-5-16(17(13)15)37(32,33)23-7-6-14(21)9-23/h3-5,8,14H,6-7,9-12,21H2,1-2H3/t14-/m0/s1. The molecule has 0 amide bonds. The molecule has 0 unspecified atom stereocenters. The molecule has 0 saturated carbocycles. The fourth-order valence-electron chi connectivity index (χ4n) is 3.90. The highest BCUT2D eigenvalue weighted by Crippen LogP contribution is 2.29. The van der Waals surface area contributed by atoms with Crippen LogP contribution in [0.5, 0.6) is 0 Å². The van der Waals surface area contributed by atoms with Crippen molar-refractivity contribution >= 4 is 26.8 Å². The number of aryl methyl sites for hydroxylation is 1. The van der Waals surface area contributed by atoms with E-state index in [0.717, 1.165) is 11.5 Å². The first-order valence-electron chi connectivity index (χ1n) is 10.9. The maximum Gasteiger partial charge on any atom is 0.317 e. The summed E-state index contributed by atoms with van der Waals surface area (Å²) in [6.07, 6.45) is 1.81. The van der Waals surface area contributed by atoms with Crippen LogP contribution in [0.25, 0.3) is 10.8 Å². The number of carbonyl (C=O) groups excluding carboxylic acids is 1. The summed E-state index contributed by atoms with van der Waals surface area (Å²) in [6, 6.07) is 3.96. The molecule has 0 radical (unpaired) electrons. The molecule has 202 valence electrons. The summed E-state index contributed by atoms with van der Waals surface area (Å²) in [5.74, 6) is -1.16. The van der Waals surface area contributed by atoms with Gasteiger partial charge in [0, 0.05) is 36.1 Å². The molecule has 1 saturated heterocycles. The molecule has 1 aliphatic rings. The van der Waals surface area contributed by atoms with Gasteiger partial charge in [0.1, 0.15) is 18.6 Å². The predicted molar refractivity (Wildman–Crippen MR) is 124 cm³/mol. The largest absolute Gasteiger partial charge is 0.443 e. The van der Waals surface area contributed by atoms with Crippen molar-refractivity contribution in [1.82, 2.24) is 8.87 Å². The number of pyridine rings is 1. The van der Waals surface area contributed by atoms with E-state index in [1.807, 2.05) is 0 Å². The van der Waals surface area contributed by atoms with E-state index in [1.54, 1.807) is 6.92 Å². The summed E-state index contributed by atoms with van der Waals surface area (Å²) in [4.78, 5) is 55.2. The summed E-state index contributed by atoms with van der Waals surface area (Å²) < 4.78 is 33.9. The van der Waals surface area contributed by atoms with Gasteiger partial charge in [-0.3, -0.25) is 14.2 Å². The van der Waals surface area contributed by atoms with Gasteiger partial charge in [0.15, 0.2) is 6.73 Å². The second kappa shape index (κ2) is 10.7. The lowest BCUT2D eigenvalue weighted by atomic mass is 9.93. The lowest BCUT2D eigenvalue weighted by Gasteiger charge is -2.25. The minimum Gasteiger partial charge on any atom is -0.443 e. The van der Waals surface area contributed by atoms with Gasteiger partial charge in [-0.1, -0.05) is 6.07 Å². The molecule has 1 fully saturated rings. The minimum atomic E-state index is -3.94. The molecule has 1 aromatic carbocycles. The number of nitrogens with two attached hydrogens (primary N) is 1. The van der Waals surface area contributed by atoms with Crippen molar-refractivity contribution in [3.05, 3.63) is 60.5 Å². The summed E-state index contributed by atoms with van der Waals surface area (Å²) in [5.41, 5.74) is 3.63. The molecule has 0 spiro atoms. The molecular weight excluding hydrogens is 518 g/mol. The molecule has 3 rings (SSSR count). The number of rotatable bonds is 11. The fourth-order valence-corrected chi connectivity index (χ4v) is 5.69. The number of benzene rings is 1.